The number of rotatable bonds is 44. The van der Waals surface area contributed by atoms with E-state index in [1.807, 2.05) is 32.5 Å². The monoisotopic (exact) mass is 1200 g/mol. The predicted molar refractivity (Wildman–Crippen MR) is 315 cm³/mol. The molecule has 0 saturated heterocycles. The van der Waals surface area contributed by atoms with Gasteiger partial charge in [-0.2, -0.15) is 0 Å². The van der Waals surface area contributed by atoms with Crippen LogP contribution in [0.5, 0.6) is 23.0 Å². The minimum absolute atomic E-state index is 0.0363. The fourth-order valence-corrected chi connectivity index (χ4v) is 9.40. The Hall–Kier alpha value is -7.10. The quantitative estimate of drug-likeness (QED) is 0.0664. The number of benzene rings is 2. The van der Waals surface area contributed by atoms with Crippen molar-refractivity contribution in [3.05, 3.63) is 71.1 Å². The number of hydrogen-bond acceptors (Lipinski definition) is 20. The molecule has 25 heteroatoms. The first-order chi connectivity index (χ1) is 42.0. The largest absolute Gasteiger partial charge is 0.493 e. The molecule has 5 aliphatic rings. The van der Waals surface area contributed by atoms with E-state index >= 15 is 0 Å². The van der Waals surface area contributed by atoms with Crippen molar-refractivity contribution in [3.63, 3.8) is 0 Å². The molecular weight excluding hydrogens is 1120 g/mol. The second-order valence-electron chi connectivity index (χ2n) is 20.5. The molecule has 6 amide bonds. The van der Waals surface area contributed by atoms with Gasteiger partial charge >= 0.3 is 0 Å². The highest BCUT2D eigenvalue weighted by molar-refractivity contribution is 6.13. The van der Waals surface area contributed by atoms with Crippen LogP contribution in [-0.2, 0) is 57.1 Å². The van der Waals surface area contributed by atoms with Crippen LogP contribution in [0.4, 0.5) is 11.4 Å². The van der Waals surface area contributed by atoms with Crippen molar-refractivity contribution in [3.8, 4) is 23.0 Å². The van der Waals surface area contributed by atoms with E-state index in [0.717, 1.165) is 41.7 Å². The van der Waals surface area contributed by atoms with Crippen LogP contribution in [-0.4, -0.2) is 227 Å². The van der Waals surface area contributed by atoms with Crippen LogP contribution in [0.1, 0.15) is 85.9 Å². The van der Waals surface area contributed by atoms with Crippen molar-refractivity contribution in [2.24, 2.45) is 9.98 Å². The van der Waals surface area contributed by atoms with Crippen LogP contribution in [0.25, 0.3) is 0 Å². The Morgan fingerprint density at radius 2 is 0.872 bits per heavy atom. The summed E-state index contributed by atoms with van der Waals surface area (Å²) in [4.78, 5) is 88.3. The number of carbonyl (C=O) groups is 6. The Balaban J connectivity index is 0.652. The average Bonchev–Trinajstić information content (AvgIpc) is 3.15. The number of amides is 6. The molecular formula is C61H83N7O18. The van der Waals surface area contributed by atoms with Gasteiger partial charge in [-0.1, -0.05) is 11.1 Å². The average molecular weight is 1200 g/mol. The number of aliphatic imine (C=N–C) groups is 2. The summed E-state index contributed by atoms with van der Waals surface area (Å²) in [5, 5.41) is 5.59. The summed E-state index contributed by atoms with van der Waals surface area (Å²) in [6, 6.07) is 6.68. The van der Waals surface area contributed by atoms with Gasteiger partial charge in [0.2, 0.25) is 11.8 Å². The van der Waals surface area contributed by atoms with Gasteiger partial charge in [0, 0.05) is 81.6 Å². The number of imide groups is 1. The van der Waals surface area contributed by atoms with Gasteiger partial charge in [-0.3, -0.25) is 43.7 Å². The molecule has 5 aliphatic heterocycles. The summed E-state index contributed by atoms with van der Waals surface area (Å²) in [6.45, 7) is 12.0. The number of methoxy groups -OCH3 is 1. The van der Waals surface area contributed by atoms with E-state index in [9.17, 15) is 28.8 Å². The SMILES string of the molecule is COc1cc2c(cc1OCCCCCOc1cc3c(cc1OCCCNC(=O)CCOCCOCCOCCOCCOCCOCCOCCOCCNC(=O)CCN1C(=O)C=CC1=O)C(=O)N1C=C(C)C[C@H]1C=N3)N=C[C@@H]1CC(C)=CN1C2=O. The van der Waals surface area contributed by atoms with E-state index in [1.54, 1.807) is 47.4 Å². The maximum Gasteiger partial charge on any atom is 0.260 e. The first-order valence-electron chi connectivity index (χ1n) is 29.5. The number of fused-ring (bicyclic) bond motifs is 4. The smallest absolute Gasteiger partial charge is 0.260 e. The van der Waals surface area contributed by atoms with Crippen molar-refractivity contribution < 1.29 is 85.6 Å². The number of nitrogens with zero attached hydrogens (tertiary/aromatic N) is 5. The van der Waals surface area contributed by atoms with E-state index in [1.165, 1.54) is 12.2 Å². The maximum absolute atomic E-state index is 13.7. The van der Waals surface area contributed by atoms with Gasteiger partial charge < -0.3 is 77.3 Å². The molecule has 0 aromatic heterocycles. The van der Waals surface area contributed by atoms with Crippen molar-refractivity contribution in [2.75, 3.05) is 152 Å². The Kier molecular flexibility index (Phi) is 28.4. The topological polar surface area (TPSA) is 272 Å². The zero-order chi connectivity index (χ0) is 60.7. The third-order valence-corrected chi connectivity index (χ3v) is 13.9. The molecule has 0 aliphatic carbocycles. The van der Waals surface area contributed by atoms with Crippen LogP contribution in [0.15, 0.2) is 69.9 Å². The lowest BCUT2D eigenvalue weighted by Crippen LogP contribution is -2.35. The lowest BCUT2D eigenvalue weighted by Gasteiger charge is -2.19. The van der Waals surface area contributed by atoms with Crippen LogP contribution < -0.4 is 29.6 Å². The summed E-state index contributed by atoms with van der Waals surface area (Å²) in [5.74, 6) is 0.383. The van der Waals surface area contributed by atoms with Gasteiger partial charge in [-0.25, -0.2) is 0 Å². The molecule has 0 bridgehead atoms. The molecule has 0 radical (unpaired) electrons. The summed E-state index contributed by atoms with van der Waals surface area (Å²) >= 11 is 0. The second-order valence-corrected chi connectivity index (χ2v) is 20.5. The summed E-state index contributed by atoms with van der Waals surface area (Å²) in [7, 11) is 1.55. The Morgan fingerprint density at radius 3 is 1.35 bits per heavy atom. The van der Waals surface area contributed by atoms with E-state index in [-0.39, 0.29) is 68.3 Å². The Morgan fingerprint density at radius 1 is 0.477 bits per heavy atom. The van der Waals surface area contributed by atoms with Gasteiger partial charge in [-0.15, -0.1) is 0 Å². The summed E-state index contributed by atoms with van der Waals surface area (Å²) in [6.07, 6.45) is 14.2. The van der Waals surface area contributed by atoms with E-state index in [0.29, 0.717) is 184 Å². The third-order valence-electron chi connectivity index (χ3n) is 13.9. The summed E-state index contributed by atoms with van der Waals surface area (Å²) in [5.41, 5.74) is 4.19. The minimum atomic E-state index is -0.408. The van der Waals surface area contributed by atoms with E-state index in [2.05, 4.69) is 15.6 Å². The standard InChI is InChI=1S/C61H83N7O18/c1-44-34-46-40-64-50-38-54(52(75-3)36-48(50)60(73)67(46)42-44)84-15-5-4-6-16-85-55-39-51-49(61(74)68-43-45(2)35-47(68)41-65-51)37-53(55)86-17-7-12-62-57(70)11-18-76-20-22-78-24-26-80-28-30-82-32-33-83-31-29-81-27-25-79-23-21-77-19-13-63-56(69)10-14-66-58(71)8-9-59(66)72/h8-9,36-43,46-47H,4-7,10-35H2,1-3H3,(H,62,70)(H,63,69)/t46-,47-/m0/s1. The molecule has 470 valence electrons. The fourth-order valence-electron chi connectivity index (χ4n) is 9.40. The lowest BCUT2D eigenvalue weighted by atomic mass is 10.1. The highest BCUT2D eigenvalue weighted by Gasteiger charge is 2.34. The van der Waals surface area contributed by atoms with E-state index < -0.39 is 11.8 Å². The molecule has 2 aromatic carbocycles. The highest BCUT2D eigenvalue weighted by atomic mass is 16.6. The summed E-state index contributed by atoms with van der Waals surface area (Å²) < 4.78 is 68.4. The van der Waals surface area contributed by atoms with Crippen LogP contribution in [0.2, 0.25) is 0 Å². The first-order valence-corrected chi connectivity index (χ1v) is 29.5. The number of nitrogens with one attached hydrogen (secondary N) is 2. The van der Waals surface area contributed by atoms with Gasteiger partial charge in [-0.05, 0) is 64.5 Å². The first kappa shape index (κ1) is 66.4. The number of carbonyl (C=O) groups excluding carboxylic acids is 6. The molecule has 7 rings (SSSR count). The lowest BCUT2D eigenvalue weighted by molar-refractivity contribution is -0.137. The molecule has 2 atom stereocenters. The van der Waals surface area contributed by atoms with Crippen molar-refractivity contribution in [2.45, 2.75) is 77.3 Å². The maximum atomic E-state index is 13.7. The Labute approximate surface area is 502 Å². The van der Waals surface area contributed by atoms with Crippen LogP contribution in [0, 0.1) is 0 Å². The molecule has 2 N–H and O–H groups in total. The van der Waals surface area contributed by atoms with Crippen LogP contribution >= 0.6 is 0 Å². The van der Waals surface area contributed by atoms with Gasteiger partial charge in [0.15, 0.2) is 23.0 Å². The zero-order valence-electron chi connectivity index (χ0n) is 49.7. The normalized spacial score (nSPS) is 16.6. The minimum Gasteiger partial charge on any atom is -0.493 e. The van der Waals surface area contributed by atoms with Gasteiger partial charge in [0.25, 0.3) is 23.6 Å². The molecule has 2 aromatic rings. The second kappa shape index (κ2) is 36.8. The third kappa shape index (κ3) is 21.7. The van der Waals surface area contributed by atoms with Gasteiger partial charge in [0.1, 0.15) is 0 Å². The van der Waals surface area contributed by atoms with Gasteiger partial charge in [0.05, 0.1) is 167 Å². The van der Waals surface area contributed by atoms with Crippen molar-refractivity contribution >= 4 is 59.2 Å². The predicted octanol–water partition coefficient (Wildman–Crippen LogP) is 4.83. The molecule has 0 spiro atoms. The molecule has 0 fully saturated rings. The fraction of sp³-hybridized carbons (Fsp3) is 0.574. The number of ether oxygens (including phenoxy) is 12. The molecule has 0 unspecified atom stereocenters. The molecule has 0 saturated carbocycles. The molecule has 25 nitrogen and oxygen atoms in total. The molecule has 86 heavy (non-hydrogen) atoms. The van der Waals surface area contributed by atoms with Crippen LogP contribution in [0.3, 0.4) is 0 Å². The van der Waals surface area contributed by atoms with Crippen molar-refractivity contribution in [1.82, 2.24) is 25.3 Å². The molecule has 5 heterocycles. The zero-order valence-corrected chi connectivity index (χ0v) is 49.7. The van der Waals surface area contributed by atoms with E-state index in [4.69, 9.17) is 61.8 Å². The number of unbranched alkanes of at least 4 members (excludes halogenated alkanes) is 2. The highest BCUT2D eigenvalue weighted by Crippen LogP contribution is 2.40. The number of hydrogen-bond donors (Lipinski definition) is 2. The Bertz CT molecular complexity index is 2710. The van der Waals surface area contributed by atoms with Crippen molar-refractivity contribution in [1.29, 1.82) is 0 Å².